The summed E-state index contributed by atoms with van der Waals surface area (Å²) in [4.78, 5) is 8.29. The average Bonchev–Trinajstić information content (AvgIpc) is 2.20. The summed E-state index contributed by atoms with van der Waals surface area (Å²) in [5.74, 6) is 0. The van der Waals surface area contributed by atoms with Crippen molar-refractivity contribution >= 4 is 5.69 Å². The first kappa shape index (κ1) is 8.69. The maximum atomic E-state index is 5.84. The highest BCUT2D eigenvalue weighted by Gasteiger charge is 2.05. The first-order chi connectivity index (χ1) is 6.79. The molecule has 3 nitrogen and oxygen atoms in total. The Kier molecular flexibility index (Phi) is 2.14. The number of hydrogen-bond acceptors (Lipinski definition) is 3. The smallest absolute Gasteiger partial charge is 0.0934 e. The molecule has 3 heteroatoms. The van der Waals surface area contributed by atoms with E-state index in [0.29, 0.717) is 5.69 Å². The lowest BCUT2D eigenvalue weighted by atomic mass is 10.1. The molecule has 0 unspecified atom stereocenters. The summed E-state index contributed by atoms with van der Waals surface area (Å²) in [5, 5.41) is 0. The molecular weight excluding hydrogens is 174 g/mol. The van der Waals surface area contributed by atoms with Gasteiger partial charge in [-0.15, -0.1) is 0 Å². The van der Waals surface area contributed by atoms with Crippen molar-refractivity contribution in [2.45, 2.75) is 6.92 Å². The lowest BCUT2D eigenvalue weighted by Gasteiger charge is -2.06. The molecule has 0 atom stereocenters. The van der Waals surface area contributed by atoms with Gasteiger partial charge in [-0.25, -0.2) is 0 Å². The van der Waals surface area contributed by atoms with Gasteiger partial charge in [0.1, 0.15) is 0 Å². The van der Waals surface area contributed by atoms with Gasteiger partial charge in [0.05, 0.1) is 11.4 Å². The molecule has 2 heterocycles. The van der Waals surface area contributed by atoms with Crippen molar-refractivity contribution < 1.29 is 0 Å². The summed E-state index contributed by atoms with van der Waals surface area (Å²) >= 11 is 0. The summed E-state index contributed by atoms with van der Waals surface area (Å²) in [7, 11) is 0. The molecule has 0 saturated carbocycles. The van der Waals surface area contributed by atoms with Gasteiger partial charge in [0, 0.05) is 24.2 Å². The number of rotatable bonds is 1. The van der Waals surface area contributed by atoms with Crippen LogP contribution in [0.15, 0.2) is 36.8 Å². The highest BCUT2D eigenvalue weighted by molar-refractivity contribution is 5.73. The molecule has 0 radical (unpaired) electrons. The van der Waals surface area contributed by atoms with Crippen LogP contribution < -0.4 is 5.73 Å². The number of nitrogens with two attached hydrogens (primary N) is 1. The lowest BCUT2D eigenvalue weighted by molar-refractivity contribution is 1.24. The maximum absolute atomic E-state index is 5.84. The summed E-state index contributed by atoms with van der Waals surface area (Å²) in [6.07, 6.45) is 5.30. The predicted molar refractivity (Wildman–Crippen MR) is 56.6 cm³/mol. The van der Waals surface area contributed by atoms with Crippen molar-refractivity contribution in [1.82, 2.24) is 9.97 Å². The third-order valence-electron chi connectivity index (χ3n) is 2.11. The fourth-order valence-corrected chi connectivity index (χ4v) is 1.38. The molecular formula is C11H11N3. The van der Waals surface area contributed by atoms with Crippen LogP contribution >= 0.6 is 0 Å². The molecule has 0 bridgehead atoms. The van der Waals surface area contributed by atoms with Gasteiger partial charge in [-0.05, 0) is 30.7 Å². The summed E-state index contributed by atoms with van der Waals surface area (Å²) in [5.41, 5.74) is 9.48. The third-order valence-corrected chi connectivity index (χ3v) is 2.11. The number of nitrogen functional groups attached to an aromatic ring is 1. The van der Waals surface area contributed by atoms with Crippen LogP contribution in [0, 0.1) is 6.92 Å². The number of anilines is 1. The minimum atomic E-state index is 0.696. The molecule has 0 aliphatic carbocycles. The number of nitrogens with zero attached hydrogens (tertiary/aromatic N) is 2. The minimum Gasteiger partial charge on any atom is -0.397 e. The Labute approximate surface area is 82.6 Å². The molecule has 0 aliphatic heterocycles. The standard InChI is InChI=1S/C11H11N3/c1-8-7-13-6-4-9(8)11-10(12)3-2-5-14-11/h2-7H,12H2,1H3. The summed E-state index contributed by atoms with van der Waals surface area (Å²) < 4.78 is 0. The summed E-state index contributed by atoms with van der Waals surface area (Å²) in [6, 6.07) is 5.60. The van der Waals surface area contributed by atoms with Crippen LogP contribution in [0.4, 0.5) is 5.69 Å². The van der Waals surface area contributed by atoms with E-state index in [1.807, 2.05) is 31.3 Å². The van der Waals surface area contributed by atoms with Crippen molar-refractivity contribution in [2.75, 3.05) is 5.73 Å². The average molecular weight is 185 g/mol. The van der Waals surface area contributed by atoms with Crippen LogP contribution in [0.1, 0.15) is 5.56 Å². The van der Waals surface area contributed by atoms with Crippen LogP contribution in [-0.2, 0) is 0 Å². The third kappa shape index (κ3) is 1.44. The fraction of sp³-hybridized carbons (Fsp3) is 0.0909. The zero-order chi connectivity index (χ0) is 9.97. The van der Waals surface area contributed by atoms with E-state index in [1.165, 1.54) is 0 Å². The Hall–Kier alpha value is -1.90. The Bertz CT molecular complexity index is 408. The Morgan fingerprint density at radius 1 is 1.21 bits per heavy atom. The lowest BCUT2D eigenvalue weighted by Crippen LogP contribution is -1.94. The normalized spacial score (nSPS) is 10.1. The first-order valence-electron chi connectivity index (χ1n) is 4.40. The Balaban J connectivity index is 2.61. The van der Waals surface area contributed by atoms with Gasteiger partial charge in [-0.2, -0.15) is 0 Å². The van der Waals surface area contributed by atoms with Gasteiger partial charge in [0.2, 0.25) is 0 Å². The molecule has 2 aromatic rings. The summed E-state index contributed by atoms with van der Waals surface area (Å²) in [6.45, 7) is 2.00. The first-order valence-corrected chi connectivity index (χ1v) is 4.40. The van der Waals surface area contributed by atoms with Gasteiger partial charge in [0.25, 0.3) is 0 Å². The largest absolute Gasteiger partial charge is 0.397 e. The molecule has 0 aromatic carbocycles. The number of aromatic nitrogens is 2. The van der Waals surface area contributed by atoms with Crippen molar-refractivity contribution in [1.29, 1.82) is 0 Å². The van der Waals surface area contributed by atoms with Gasteiger partial charge in [0.15, 0.2) is 0 Å². The second kappa shape index (κ2) is 3.46. The van der Waals surface area contributed by atoms with E-state index < -0.39 is 0 Å². The topological polar surface area (TPSA) is 51.8 Å². The van der Waals surface area contributed by atoms with Crippen molar-refractivity contribution in [3.8, 4) is 11.3 Å². The highest BCUT2D eigenvalue weighted by Crippen LogP contribution is 2.24. The minimum absolute atomic E-state index is 0.696. The van der Waals surface area contributed by atoms with Gasteiger partial charge in [-0.3, -0.25) is 9.97 Å². The zero-order valence-electron chi connectivity index (χ0n) is 7.94. The van der Waals surface area contributed by atoms with E-state index in [0.717, 1.165) is 16.8 Å². The molecule has 0 saturated heterocycles. The second-order valence-electron chi connectivity index (χ2n) is 3.13. The molecule has 70 valence electrons. The van der Waals surface area contributed by atoms with Crippen LogP contribution in [-0.4, -0.2) is 9.97 Å². The number of hydrogen-bond donors (Lipinski definition) is 1. The molecule has 2 N–H and O–H groups in total. The maximum Gasteiger partial charge on any atom is 0.0934 e. The van der Waals surface area contributed by atoms with Crippen molar-refractivity contribution in [3.63, 3.8) is 0 Å². The molecule has 0 fully saturated rings. The van der Waals surface area contributed by atoms with E-state index in [-0.39, 0.29) is 0 Å². The van der Waals surface area contributed by atoms with Crippen LogP contribution in [0.25, 0.3) is 11.3 Å². The quantitative estimate of drug-likeness (QED) is 0.739. The molecule has 2 aromatic heterocycles. The van der Waals surface area contributed by atoms with Gasteiger partial charge >= 0.3 is 0 Å². The predicted octanol–water partition coefficient (Wildman–Crippen LogP) is 2.03. The van der Waals surface area contributed by atoms with Crippen LogP contribution in [0.3, 0.4) is 0 Å². The highest BCUT2D eigenvalue weighted by atomic mass is 14.7. The molecule has 0 aliphatic rings. The van der Waals surface area contributed by atoms with Crippen molar-refractivity contribution in [3.05, 3.63) is 42.4 Å². The van der Waals surface area contributed by atoms with E-state index in [2.05, 4.69) is 9.97 Å². The SMILES string of the molecule is Cc1cnccc1-c1ncccc1N. The Morgan fingerprint density at radius 2 is 2.07 bits per heavy atom. The molecule has 0 spiro atoms. The Morgan fingerprint density at radius 3 is 2.79 bits per heavy atom. The number of pyridine rings is 2. The van der Waals surface area contributed by atoms with E-state index >= 15 is 0 Å². The monoisotopic (exact) mass is 185 g/mol. The van der Waals surface area contributed by atoms with E-state index in [1.54, 1.807) is 12.4 Å². The van der Waals surface area contributed by atoms with E-state index in [9.17, 15) is 0 Å². The molecule has 0 amide bonds. The van der Waals surface area contributed by atoms with Gasteiger partial charge in [-0.1, -0.05) is 0 Å². The second-order valence-corrected chi connectivity index (χ2v) is 3.13. The van der Waals surface area contributed by atoms with Crippen molar-refractivity contribution in [2.24, 2.45) is 0 Å². The fourth-order valence-electron chi connectivity index (χ4n) is 1.38. The van der Waals surface area contributed by atoms with Gasteiger partial charge < -0.3 is 5.73 Å². The van der Waals surface area contributed by atoms with E-state index in [4.69, 9.17) is 5.73 Å². The number of aryl methyl sites for hydroxylation is 1. The molecule has 14 heavy (non-hydrogen) atoms. The van der Waals surface area contributed by atoms with Crippen LogP contribution in [0.2, 0.25) is 0 Å². The zero-order valence-corrected chi connectivity index (χ0v) is 7.94. The van der Waals surface area contributed by atoms with Crippen LogP contribution in [0.5, 0.6) is 0 Å². The molecule has 2 rings (SSSR count).